The SMILES string of the molecule is CN(c1cccc(O)c1)c1cc(F)cc(CN)c1. The second-order valence-corrected chi connectivity index (χ2v) is 4.10. The van der Waals surface area contributed by atoms with E-state index in [1.54, 1.807) is 23.1 Å². The summed E-state index contributed by atoms with van der Waals surface area (Å²) >= 11 is 0. The highest BCUT2D eigenvalue weighted by Gasteiger charge is 2.07. The molecular formula is C14H15FN2O. The van der Waals surface area contributed by atoms with Gasteiger partial charge in [0.05, 0.1) is 0 Å². The Morgan fingerprint density at radius 2 is 1.94 bits per heavy atom. The summed E-state index contributed by atoms with van der Waals surface area (Å²) < 4.78 is 13.4. The molecular weight excluding hydrogens is 231 g/mol. The van der Waals surface area contributed by atoms with Crippen molar-refractivity contribution in [1.29, 1.82) is 0 Å². The average Bonchev–Trinajstić information content (AvgIpc) is 2.37. The molecule has 3 nitrogen and oxygen atoms in total. The van der Waals surface area contributed by atoms with Gasteiger partial charge in [0.25, 0.3) is 0 Å². The summed E-state index contributed by atoms with van der Waals surface area (Å²) in [6.45, 7) is 0.290. The molecule has 3 N–H and O–H groups in total. The van der Waals surface area contributed by atoms with Crippen molar-refractivity contribution < 1.29 is 9.50 Å². The summed E-state index contributed by atoms with van der Waals surface area (Å²) in [5.74, 6) is -0.144. The van der Waals surface area contributed by atoms with Gasteiger partial charge in [-0.25, -0.2) is 4.39 Å². The molecule has 0 saturated carbocycles. The number of hydrogen-bond acceptors (Lipinski definition) is 3. The number of phenolic OH excluding ortho intramolecular Hbond substituents is 1. The van der Waals surface area contributed by atoms with Crippen LogP contribution in [0.15, 0.2) is 42.5 Å². The molecule has 0 radical (unpaired) electrons. The Morgan fingerprint density at radius 3 is 2.61 bits per heavy atom. The zero-order valence-corrected chi connectivity index (χ0v) is 10.1. The number of rotatable bonds is 3. The topological polar surface area (TPSA) is 49.5 Å². The van der Waals surface area contributed by atoms with Crippen molar-refractivity contribution in [2.75, 3.05) is 11.9 Å². The molecule has 2 aromatic carbocycles. The number of hydrogen-bond donors (Lipinski definition) is 2. The number of phenols is 1. The quantitative estimate of drug-likeness (QED) is 0.875. The predicted octanol–water partition coefficient (Wildman–Crippen LogP) is 2.76. The van der Waals surface area contributed by atoms with Gasteiger partial charge < -0.3 is 15.7 Å². The van der Waals surface area contributed by atoms with Gasteiger partial charge >= 0.3 is 0 Å². The fraction of sp³-hybridized carbons (Fsp3) is 0.143. The van der Waals surface area contributed by atoms with E-state index < -0.39 is 0 Å². The van der Waals surface area contributed by atoms with Crippen molar-refractivity contribution in [3.63, 3.8) is 0 Å². The van der Waals surface area contributed by atoms with Gasteiger partial charge in [-0.3, -0.25) is 0 Å². The van der Waals surface area contributed by atoms with Crippen LogP contribution in [0, 0.1) is 5.82 Å². The van der Waals surface area contributed by atoms with Gasteiger partial charge in [0.15, 0.2) is 0 Å². The first-order valence-corrected chi connectivity index (χ1v) is 5.62. The maximum atomic E-state index is 13.4. The lowest BCUT2D eigenvalue weighted by Gasteiger charge is -2.20. The van der Waals surface area contributed by atoms with Crippen LogP contribution in [0.1, 0.15) is 5.56 Å². The van der Waals surface area contributed by atoms with Crippen LogP contribution in [0.4, 0.5) is 15.8 Å². The lowest BCUT2D eigenvalue weighted by Crippen LogP contribution is -2.10. The first kappa shape index (κ1) is 12.4. The molecule has 0 amide bonds. The summed E-state index contributed by atoms with van der Waals surface area (Å²) in [5.41, 5.74) is 7.74. The maximum absolute atomic E-state index is 13.4. The summed E-state index contributed by atoms with van der Waals surface area (Å²) in [5, 5.41) is 9.44. The Balaban J connectivity index is 2.39. The molecule has 4 heteroatoms. The first-order valence-electron chi connectivity index (χ1n) is 5.62. The standard InChI is InChI=1S/C14H15FN2O/c1-17(12-3-2-4-14(18)8-12)13-6-10(9-16)5-11(15)7-13/h2-8,18H,9,16H2,1H3. The number of aromatic hydroxyl groups is 1. The largest absolute Gasteiger partial charge is 0.508 e. The molecule has 0 unspecified atom stereocenters. The molecule has 0 aliphatic heterocycles. The molecule has 2 rings (SSSR count). The normalized spacial score (nSPS) is 10.4. The minimum absolute atomic E-state index is 0.176. The lowest BCUT2D eigenvalue weighted by molar-refractivity contribution is 0.475. The lowest BCUT2D eigenvalue weighted by atomic mass is 10.1. The second kappa shape index (κ2) is 5.06. The summed E-state index contributed by atoms with van der Waals surface area (Å²) in [7, 11) is 1.81. The van der Waals surface area contributed by atoms with Crippen LogP contribution < -0.4 is 10.6 Å². The molecule has 0 bridgehead atoms. The number of halogens is 1. The molecule has 0 heterocycles. The number of anilines is 2. The summed E-state index contributed by atoms with van der Waals surface area (Å²) in [6.07, 6.45) is 0. The highest BCUT2D eigenvalue weighted by atomic mass is 19.1. The molecule has 2 aromatic rings. The number of nitrogens with zero attached hydrogens (tertiary/aromatic N) is 1. The highest BCUT2D eigenvalue weighted by molar-refractivity contribution is 5.64. The van der Waals surface area contributed by atoms with Crippen LogP contribution >= 0.6 is 0 Å². The third-order valence-corrected chi connectivity index (χ3v) is 2.78. The van der Waals surface area contributed by atoms with Gasteiger partial charge in [-0.05, 0) is 35.9 Å². The molecule has 0 saturated heterocycles. The fourth-order valence-electron chi connectivity index (χ4n) is 1.80. The van der Waals surface area contributed by atoms with E-state index in [9.17, 15) is 9.50 Å². The predicted molar refractivity (Wildman–Crippen MR) is 70.5 cm³/mol. The average molecular weight is 246 g/mol. The van der Waals surface area contributed by atoms with Crippen molar-refractivity contribution in [2.24, 2.45) is 5.73 Å². The van der Waals surface area contributed by atoms with E-state index in [4.69, 9.17) is 5.73 Å². The molecule has 94 valence electrons. The summed E-state index contributed by atoms with van der Waals surface area (Å²) in [4.78, 5) is 1.79. The minimum Gasteiger partial charge on any atom is -0.508 e. The Morgan fingerprint density at radius 1 is 1.17 bits per heavy atom. The van der Waals surface area contributed by atoms with Crippen LogP contribution in [-0.4, -0.2) is 12.2 Å². The fourth-order valence-corrected chi connectivity index (χ4v) is 1.80. The van der Waals surface area contributed by atoms with Gasteiger partial charge in [-0.15, -0.1) is 0 Å². The molecule has 0 spiro atoms. The zero-order valence-electron chi connectivity index (χ0n) is 10.1. The Hall–Kier alpha value is -2.07. The van der Waals surface area contributed by atoms with Gasteiger partial charge in [-0.2, -0.15) is 0 Å². The van der Waals surface area contributed by atoms with Crippen LogP contribution in [0.25, 0.3) is 0 Å². The Labute approximate surface area is 105 Å². The number of benzene rings is 2. The van der Waals surface area contributed by atoms with E-state index in [2.05, 4.69) is 0 Å². The molecule has 0 aliphatic carbocycles. The third kappa shape index (κ3) is 2.60. The minimum atomic E-state index is -0.319. The van der Waals surface area contributed by atoms with E-state index in [-0.39, 0.29) is 11.6 Å². The molecule has 0 aliphatic rings. The first-order chi connectivity index (χ1) is 8.60. The van der Waals surface area contributed by atoms with Crippen LogP contribution in [0.3, 0.4) is 0 Å². The van der Waals surface area contributed by atoms with Crippen molar-refractivity contribution in [3.8, 4) is 5.75 Å². The zero-order chi connectivity index (χ0) is 13.1. The van der Waals surface area contributed by atoms with E-state index >= 15 is 0 Å². The molecule has 0 fully saturated rings. The van der Waals surface area contributed by atoms with E-state index in [1.165, 1.54) is 12.1 Å². The van der Waals surface area contributed by atoms with Gasteiger partial charge in [-0.1, -0.05) is 6.07 Å². The van der Waals surface area contributed by atoms with Crippen molar-refractivity contribution in [2.45, 2.75) is 6.54 Å². The van der Waals surface area contributed by atoms with Gasteiger partial charge in [0.2, 0.25) is 0 Å². The van der Waals surface area contributed by atoms with Crippen LogP contribution in [-0.2, 0) is 6.54 Å². The highest BCUT2D eigenvalue weighted by Crippen LogP contribution is 2.27. The van der Waals surface area contributed by atoms with Crippen molar-refractivity contribution >= 4 is 11.4 Å². The van der Waals surface area contributed by atoms with E-state index in [1.807, 2.05) is 19.2 Å². The maximum Gasteiger partial charge on any atom is 0.125 e. The molecule has 0 aromatic heterocycles. The molecule has 18 heavy (non-hydrogen) atoms. The van der Waals surface area contributed by atoms with Crippen LogP contribution in [0.2, 0.25) is 0 Å². The number of nitrogens with two attached hydrogens (primary N) is 1. The van der Waals surface area contributed by atoms with E-state index in [0.29, 0.717) is 12.2 Å². The smallest absolute Gasteiger partial charge is 0.125 e. The van der Waals surface area contributed by atoms with Gasteiger partial charge in [0.1, 0.15) is 11.6 Å². The Bertz CT molecular complexity index is 557. The van der Waals surface area contributed by atoms with Crippen molar-refractivity contribution in [3.05, 3.63) is 53.8 Å². The monoisotopic (exact) mass is 246 g/mol. The van der Waals surface area contributed by atoms with Crippen molar-refractivity contribution in [1.82, 2.24) is 0 Å². The third-order valence-electron chi connectivity index (χ3n) is 2.78. The summed E-state index contributed by atoms with van der Waals surface area (Å²) in [6, 6.07) is 11.5. The van der Waals surface area contributed by atoms with Crippen LogP contribution in [0.5, 0.6) is 5.75 Å². The van der Waals surface area contributed by atoms with E-state index in [0.717, 1.165) is 11.3 Å². The Kier molecular flexibility index (Phi) is 3.48. The molecule has 0 atom stereocenters. The van der Waals surface area contributed by atoms with Gasteiger partial charge in [0, 0.05) is 31.0 Å². The second-order valence-electron chi connectivity index (χ2n) is 4.10.